The van der Waals surface area contributed by atoms with Crippen molar-refractivity contribution in [3.63, 3.8) is 0 Å². The van der Waals surface area contributed by atoms with E-state index in [2.05, 4.69) is 16.2 Å². The van der Waals surface area contributed by atoms with E-state index in [9.17, 15) is 0 Å². The molecule has 4 aromatic rings. The molecule has 0 radical (unpaired) electrons. The van der Waals surface area contributed by atoms with Gasteiger partial charge in [-0.2, -0.15) is 4.98 Å². The van der Waals surface area contributed by atoms with Crippen LogP contribution in [0.25, 0.3) is 27.9 Å². The molecule has 5 nitrogen and oxygen atoms in total. The average molecular weight is 264 g/mol. The lowest BCUT2D eigenvalue weighted by molar-refractivity contribution is 0.626. The molecule has 0 saturated carbocycles. The fourth-order valence-corrected chi connectivity index (χ4v) is 2.41. The van der Waals surface area contributed by atoms with Crippen molar-refractivity contribution in [2.75, 3.05) is 5.73 Å². The topological polar surface area (TPSA) is 69.3 Å². The van der Waals surface area contributed by atoms with E-state index in [0.29, 0.717) is 5.58 Å². The Morgan fingerprint density at radius 2 is 1.90 bits per heavy atom. The number of anilines is 1. The second-order valence-corrected chi connectivity index (χ2v) is 4.80. The number of hydrogen-bond acceptors (Lipinski definition) is 4. The third-order valence-electron chi connectivity index (χ3n) is 3.31. The number of fused-ring (bicyclic) bond motifs is 2. The van der Waals surface area contributed by atoms with Gasteiger partial charge in [0, 0.05) is 12.4 Å². The molecule has 2 N–H and O–H groups in total. The van der Waals surface area contributed by atoms with Gasteiger partial charge in [-0.15, -0.1) is 0 Å². The minimum atomic E-state index is 0.192. The van der Waals surface area contributed by atoms with E-state index in [1.807, 2.05) is 47.9 Å². The fraction of sp³-hybridized carbons (Fsp3) is 0.0667. The average Bonchev–Trinajstić information content (AvgIpc) is 2.97. The molecule has 3 heterocycles. The second kappa shape index (κ2) is 3.84. The number of aryl methyl sites for hydroxylation is 1. The third kappa shape index (κ3) is 1.64. The van der Waals surface area contributed by atoms with Gasteiger partial charge in [0.25, 0.3) is 6.01 Å². The van der Waals surface area contributed by atoms with Crippen molar-refractivity contribution < 1.29 is 4.42 Å². The van der Waals surface area contributed by atoms with E-state index < -0.39 is 0 Å². The Morgan fingerprint density at radius 3 is 2.80 bits per heavy atom. The zero-order valence-corrected chi connectivity index (χ0v) is 10.9. The first-order valence-corrected chi connectivity index (χ1v) is 6.31. The molecule has 3 aromatic heterocycles. The molecule has 0 aliphatic rings. The fourth-order valence-electron chi connectivity index (χ4n) is 2.41. The SMILES string of the molecule is Cc1cn2cc(-c3ccc4oc(N)nc4c3)ccc2n1. The molecule has 0 aliphatic heterocycles. The van der Waals surface area contributed by atoms with Crippen LogP contribution in [0.2, 0.25) is 0 Å². The Balaban J connectivity index is 1.90. The van der Waals surface area contributed by atoms with Gasteiger partial charge in [-0.1, -0.05) is 6.07 Å². The van der Waals surface area contributed by atoms with Gasteiger partial charge < -0.3 is 14.6 Å². The van der Waals surface area contributed by atoms with Gasteiger partial charge in [0.1, 0.15) is 11.2 Å². The Hall–Kier alpha value is -2.82. The van der Waals surface area contributed by atoms with Crippen molar-refractivity contribution in [1.29, 1.82) is 0 Å². The van der Waals surface area contributed by atoms with Gasteiger partial charge >= 0.3 is 0 Å². The summed E-state index contributed by atoms with van der Waals surface area (Å²) in [7, 11) is 0. The maximum atomic E-state index is 5.57. The summed E-state index contributed by atoms with van der Waals surface area (Å²) in [4.78, 5) is 8.58. The van der Waals surface area contributed by atoms with Crippen LogP contribution in [0.5, 0.6) is 0 Å². The zero-order valence-electron chi connectivity index (χ0n) is 10.9. The smallest absolute Gasteiger partial charge is 0.292 e. The molecule has 0 atom stereocenters. The van der Waals surface area contributed by atoms with Gasteiger partial charge in [-0.05, 0) is 42.3 Å². The van der Waals surface area contributed by atoms with Gasteiger partial charge in [0.05, 0.1) is 5.69 Å². The number of nitrogens with two attached hydrogens (primary N) is 1. The van der Waals surface area contributed by atoms with Gasteiger partial charge in [0.2, 0.25) is 0 Å². The summed E-state index contributed by atoms with van der Waals surface area (Å²) in [5, 5.41) is 0. The summed E-state index contributed by atoms with van der Waals surface area (Å²) in [6.45, 7) is 1.98. The molecule has 0 saturated heterocycles. The minimum Gasteiger partial charge on any atom is -0.424 e. The normalized spacial score (nSPS) is 11.4. The van der Waals surface area contributed by atoms with Crippen LogP contribution in [0.4, 0.5) is 6.01 Å². The summed E-state index contributed by atoms with van der Waals surface area (Å²) < 4.78 is 7.30. The number of nitrogens with zero attached hydrogens (tertiary/aromatic N) is 3. The predicted octanol–water partition coefficient (Wildman–Crippen LogP) is 3.03. The molecule has 4 rings (SSSR count). The molecule has 20 heavy (non-hydrogen) atoms. The van der Waals surface area contributed by atoms with Crippen LogP contribution < -0.4 is 5.73 Å². The lowest BCUT2D eigenvalue weighted by atomic mass is 10.1. The molecule has 1 aromatic carbocycles. The first-order valence-electron chi connectivity index (χ1n) is 6.31. The van der Waals surface area contributed by atoms with E-state index in [0.717, 1.165) is 28.0 Å². The van der Waals surface area contributed by atoms with Crippen LogP contribution in [0.1, 0.15) is 5.69 Å². The molecule has 5 heteroatoms. The van der Waals surface area contributed by atoms with E-state index in [-0.39, 0.29) is 6.01 Å². The van der Waals surface area contributed by atoms with Crippen molar-refractivity contribution in [2.24, 2.45) is 0 Å². The molecule has 0 bridgehead atoms. The lowest BCUT2D eigenvalue weighted by Crippen LogP contribution is -1.85. The van der Waals surface area contributed by atoms with Crippen molar-refractivity contribution in [1.82, 2.24) is 14.4 Å². The quantitative estimate of drug-likeness (QED) is 0.573. The Morgan fingerprint density at radius 1 is 1.05 bits per heavy atom. The molecular formula is C15H12N4O. The molecule has 0 unspecified atom stereocenters. The highest BCUT2D eigenvalue weighted by molar-refractivity contribution is 5.81. The Bertz CT molecular complexity index is 858. The van der Waals surface area contributed by atoms with Crippen molar-refractivity contribution in [2.45, 2.75) is 6.92 Å². The van der Waals surface area contributed by atoms with Gasteiger partial charge in [-0.25, -0.2) is 4.98 Å². The monoisotopic (exact) mass is 264 g/mol. The maximum absolute atomic E-state index is 5.57. The Kier molecular flexibility index (Phi) is 2.12. The van der Waals surface area contributed by atoms with E-state index in [4.69, 9.17) is 10.2 Å². The standard InChI is InChI=1S/C15H12N4O/c1-9-7-19-8-11(3-5-14(19)17-9)10-2-4-13-12(6-10)18-15(16)20-13/h2-8H,1H3,(H2,16,18). The van der Waals surface area contributed by atoms with Crippen LogP contribution in [-0.2, 0) is 0 Å². The van der Waals surface area contributed by atoms with Crippen LogP contribution in [-0.4, -0.2) is 14.4 Å². The summed E-state index contributed by atoms with van der Waals surface area (Å²) in [5.74, 6) is 0. The number of aromatic nitrogens is 3. The Labute approximate surface area is 114 Å². The second-order valence-electron chi connectivity index (χ2n) is 4.80. The van der Waals surface area contributed by atoms with Crippen LogP contribution in [0.15, 0.2) is 47.1 Å². The zero-order chi connectivity index (χ0) is 13.7. The predicted molar refractivity (Wildman–Crippen MR) is 77.3 cm³/mol. The minimum absolute atomic E-state index is 0.192. The highest BCUT2D eigenvalue weighted by Crippen LogP contribution is 2.25. The number of pyridine rings is 1. The van der Waals surface area contributed by atoms with Crippen LogP contribution >= 0.6 is 0 Å². The van der Waals surface area contributed by atoms with Crippen molar-refractivity contribution in [3.8, 4) is 11.1 Å². The highest BCUT2D eigenvalue weighted by Gasteiger charge is 2.06. The number of hydrogen-bond donors (Lipinski definition) is 1. The van der Waals surface area contributed by atoms with Crippen molar-refractivity contribution in [3.05, 3.63) is 48.4 Å². The molecule has 0 fully saturated rings. The van der Waals surface area contributed by atoms with E-state index >= 15 is 0 Å². The van der Waals surface area contributed by atoms with Gasteiger partial charge in [-0.3, -0.25) is 0 Å². The molecule has 98 valence electrons. The first kappa shape index (κ1) is 11.0. The first-order chi connectivity index (χ1) is 9.69. The number of nitrogen functional groups attached to an aromatic ring is 1. The lowest BCUT2D eigenvalue weighted by Gasteiger charge is -2.02. The third-order valence-corrected chi connectivity index (χ3v) is 3.31. The van der Waals surface area contributed by atoms with Gasteiger partial charge in [0.15, 0.2) is 5.58 Å². The summed E-state index contributed by atoms with van der Waals surface area (Å²) in [6.07, 6.45) is 4.06. The molecule has 0 aliphatic carbocycles. The number of imidazole rings is 1. The summed E-state index contributed by atoms with van der Waals surface area (Å²) in [6, 6.07) is 10.1. The van der Waals surface area contributed by atoms with E-state index in [1.54, 1.807) is 0 Å². The number of rotatable bonds is 1. The summed E-state index contributed by atoms with van der Waals surface area (Å²) >= 11 is 0. The number of oxazole rings is 1. The molecule has 0 amide bonds. The number of benzene rings is 1. The van der Waals surface area contributed by atoms with Crippen LogP contribution in [0.3, 0.4) is 0 Å². The van der Waals surface area contributed by atoms with Crippen molar-refractivity contribution >= 4 is 22.8 Å². The van der Waals surface area contributed by atoms with E-state index in [1.165, 1.54) is 0 Å². The molecular weight excluding hydrogens is 252 g/mol. The highest BCUT2D eigenvalue weighted by atomic mass is 16.4. The largest absolute Gasteiger partial charge is 0.424 e. The molecule has 0 spiro atoms. The maximum Gasteiger partial charge on any atom is 0.292 e. The summed E-state index contributed by atoms with van der Waals surface area (Å²) in [5.41, 5.74) is 11.1. The van der Waals surface area contributed by atoms with Crippen LogP contribution in [0, 0.1) is 6.92 Å².